The van der Waals surface area contributed by atoms with E-state index in [0.29, 0.717) is 12.8 Å². The highest BCUT2D eigenvalue weighted by Gasteiger charge is 2.23. The van der Waals surface area contributed by atoms with Crippen molar-refractivity contribution >= 4 is 0 Å². The summed E-state index contributed by atoms with van der Waals surface area (Å²) >= 11 is 0. The van der Waals surface area contributed by atoms with Crippen molar-refractivity contribution in [3.63, 3.8) is 0 Å². The molecule has 0 aliphatic carbocycles. The number of hydrogen-bond donors (Lipinski definition) is 1. The van der Waals surface area contributed by atoms with Crippen molar-refractivity contribution in [2.75, 3.05) is 0 Å². The summed E-state index contributed by atoms with van der Waals surface area (Å²) in [5.41, 5.74) is 4.75. The minimum Gasteiger partial charge on any atom is -0.389 e. The fourth-order valence-electron chi connectivity index (χ4n) is 3.02. The van der Waals surface area contributed by atoms with Crippen LogP contribution in [0.5, 0.6) is 0 Å². The van der Waals surface area contributed by atoms with Gasteiger partial charge in [-0.25, -0.2) is 4.39 Å². The molecule has 1 N–H and O–H groups in total. The largest absolute Gasteiger partial charge is 0.389 e. The SMILES string of the molecule is Cc1cc(C)c(CC(C)(O)Cc2cccc(F)c2)c(C)c1. The summed E-state index contributed by atoms with van der Waals surface area (Å²) in [6.45, 7) is 8.05. The van der Waals surface area contributed by atoms with Gasteiger partial charge in [0.05, 0.1) is 5.60 Å². The van der Waals surface area contributed by atoms with Gasteiger partial charge >= 0.3 is 0 Å². The predicted molar refractivity (Wildman–Crippen MR) is 85.1 cm³/mol. The molecule has 0 saturated heterocycles. The highest BCUT2D eigenvalue weighted by Crippen LogP contribution is 2.24. The first-order valence-corrected chi connectivity index (χ1v) is 7.30. The van der Waals surface area contributed by atoms with Crippen LogP contribution >= 0.6 is 0 Å². The van der Waals surface area contributed by atoms with Crippen molar-refractivity contribution in [2.45, 2.75) is 46.1 Å². The van der Waals surface area contributed by atoms with Gasteiger partial charge in [-0.15, -0.1) is 0 Å². The molecular formula is C19H23FO. The van der Waals surface area contributed by atoms with Gasteiger partial charge < -0.3 is 5.11 Å². The van der Waals surface area contributed by atoms with Crippen LogP contribution in [-0.2, 0) is 12.8 Å². The molecule has 0 amide bonds. The Morgan fingerprint density at radius 2 is 1.62 bits per heavy atom. The molecule has 0 aliphatic rings. The monoisotopic (exact) mass is 286 g/mol. The van der Waals surface area contributed by atoms with Crippen LogP contribution in [0.25, 0.3) is 0 Å². The molecule has 112 valence electrons. The summed E-state index contributed by atoms with van der Waals surface area (Å²) in [6.07, 6.45) is 1.01. The maximum atomic E-state index is 13.3. The lowest BCUT2D eigenvalue weighted by Crippen LogP contribution is -2.30. The first kappa shape index (κ1) is 15.7. The summed E-state index contributed by atoms with van der Waals surface area (Å²) in [5.74, 6) is -0.258. The van der Waals surface area contributed by atoms with Crippen LogP contribution in [0.15, 0.2) is 36.4 Å². The van der Waals surface area contributed by atoms with Gasteiger partial charge in [-0.05, 0) is 62.1 Å². The Morgan fingerprint density at radius 1 is 1.00 bits per heavy atom. The Kier molecular flexibility index (Phi) is 4.48. The maximum absolute atomic E-state index is 13.3. The molecule has 0 bridgehead atoms. The van der Waals surface area contributed by atoms with Crippen LogP contribution < -0.4 is 0 Å². The summed E-state index contributed by atoms with van der Waals surface area (Å²) in [4.78, 5) is 0. The molecule has 2 rings (SSSR count). The van der Waals surface area contributed by atoms with E-state index in [1.165, 1.54) is 34.4 Å². The van der Waals surface area contributed by atoms with Crippen LogP contribution in [0, 0.1) is 26.6 Å². The smallest absolute Gasteiger partial charge is 0.123 e. The minimum atomic E-state index is -0.890. The van der Waals surface area contributed by atoms with Gasteiger partial charge in [0, 0.05) is 12.8 Å². The zero-order valence-corrected chi connectivity index (χ0v) is 13.2. The van der Waals surface area contributed by atoms with Gasteiger partial charge in [0.1, 0.15) is 5.82 Å². The molecule has 2 heteroatoms. The van der Waals surface area contributed by atoms with Crippen molar-refractivity contribution < 1.29 is 9.50 Å². The third-order valence-corrected chi connectivity index (χ3v) is 3.87. The molecule has 0 fully saturated rings. The number of hydrogen-bond acceptors (Lipinski definition) is 1. The quantitative estimate of drug-likeness (QED) is 0.889. The second-order valence-electron chi connectivity index (χ2n) is 6.36. The van der Waals surface area contributed by atoms with E-state index in [4.69, 9.17) is 0 Å². The Hall–Kier alpha value is -1.67. The van der Waals surface area contributed by atoms with E-state index in [2.05, 4.69) is 32.9 Å². The summed E-state index contributed by atoms with van der Waals surface area (Å²) < 4.78 is 13.3. The third-order valence-electron chi connectivity index (χ3n) is 3.87. The summed E-state index contributed by atoms with van der Waals surface area (Å²) in [7, 11) is 0. The molecule has 0 heterocycles. The second-order valence-corrected chi connectivity index (χ2v) is 6.36. The topological polar surface area (TPSA) is 20.2 Å². The lowest BCUT2D eigenvalue weighted by molar-refractivity contribution is 0.0604. The molecular weight excluding hydrogens is 263 g/mol. The Balaban J connectivity index is 2.21. The highest BCUT2D eigenvalue weighted by atomic mass is 19.1. The molecule has 0 radical (unpaired) electrons. The molecule has 0 aliphatic heterocycles. The Bertz CT molecular complexity index is 621. The van der Waals surface area contributed by atoms with Gasteiger partial charge in [-0.2, -0.15) is 0 Å². The fourth-order valence-corrected chi connectivity index (χ4v) is 3.02. The number of halogens is 1. The van der Waals surface area contributed by atoms with Gasteiger partial charge in [-0.3, -0.25) is 0 Å². The first-order valence-electron chi connectivity index (χ1n) is 7.30. The summed E-state index contributed by atoms with van der Waals surface area (Å²) in [6, 6.07) is 10.7. The van der Waals surface area contributed by atoms with Gasteiger partial charge in [-0.1, -0.05) is 29.8 Å². The van der Waals surface area contributed by atoms with Crippen LogP contribution in [0.1, 0.15) is 34.7 Å². The second kappa shape index (κ2) is 5.98. The molecule has 0 spiro atoms. The molecule has 2 aromatic rings. The third kappa shape index (κ3) is 4.15. The first-order chi connectivity index (χ1) is 9.77. The van der Waals surface area contributed by atoms with E-state index >= 15 is 0 Å². The molecule has 1 unspecified atom stereocenters. The predicted octanol–water partition coefficient (Wildman–Crippen LogP) is 4.29. The van der Waals surface area contributed by atoms with Gasteiger partial charge in [0.2, 0.25) is 0 Å². The van der Waals surface area contributed by atoms with Gasteiger partial charge in [0.15, 0.2) is 0 Å². The fraction of sp³-hybridized carbons (Fsp3) is 0.368. The van der Waals surface area contributed by atoms with Crippen molar-refractivity contribution in [1.29, 1.82) is 0 Å². The van der Waals surface area contributed by atoms with E-state index in [1.807, 2.05) is 13.0 Å². The molecule has 21 heavy (non-hydrogen) atoms. The van der Waals surface area contributed by atoms with Crippen LogP contribution in [0.2, 0.25) is 0 Å². The van der Waals surface area contributed by atoms with Crippen LogP contribution in [0.3, 0.4) is 0 Å². The highest BCUT2D eigenvalue weighted by molar-refractivity contribution is 5.38. The van der Waals surface area contributed by atoms with Crippen molar-refractivity contribution in [3.05, 3.63) is 70.0 Å². The number of rotatable bonds is 4. The summed E-state index contributed by atoms with van der Waals surface area (Å²) in [5, 5.41) is 10.7. The van der Waals surface area contributed by atoms with Crippen LogP contribution in [0.4, 0.5) is 4.39 Å². The maximum Gasteiger partial charge on any atom is 0.123 e. The number of aliphatic hydroxyl groups is 1. The van der Waals surface area contributed by atoms with E-state index in [1.54, 1.807) is 6.07 Å². The number of aryl methyl sites for hydroxylation is 3. The van der Waals surface area contributed by atoms with Crippen molar-refractivity contribution in [2.24, 2.45) is 0 Å². The van der Waals surface area contributed by atoms with E-state index in [-0.39, 0.29) is 5.82 Å². The van der Waals surface area contributed by atoms with E-state index < -0.39 is 5.60 Å². The average Bonchev–Trinajstić information content (AvgIpc) is 2.33. The normalized spacial score (nSPS) is 14.0. The zero-order chi connectivity index (χ0) is 15.6. The minimum absolute atomic E-state index is 0.258. The van der Waals surface area contributed by atoms with Gasteiger partial charge in [0.25, 0.3) is 0 Å². The zero-order valence-electron chi connectivity index (χ0n) is 13.2. The molecule has 2 aromatic carbocycles. The van der Waals surface area contributed by atoms with Crippen molar-refractivity contribution in [1.82, 2.24) is 0 Å². The Morgan fingerprint density at radius 3 is 2.19 bits per heavy atom. The molecule has 0 saturated carbocycles. The van der Waals surface area contributed by atoms with Crippen LogP contribution in [-0.4, -0.2) is 10.7 Å². The van der Waals surface area contributed by atoms with Crippen molar-refractivity contribution in [3.8, 4) is 0 Å². The Labute approximate surface area is 126 Å². The molecule has 0 aromatic heterocycles. The molecule has 1 nitrogen and oxygen atoms in total. The standard InChI is InChI=1S/C19H23FO/c1-13-8-14(2)18(15(3)9-13)12-19(4,21)11-16-6-5-7-17(20)10-16/h5-10,21H,11-12H2,1-4H3. The lowest BCUT2D eigenvalue weighted by Gasteiger charge is -2.26. The number of benzene rings is 2. The average molecular weight is 286 g/mol. The van der Waals surface area contributed by atoms with E-state index in [9.17, 15) is 9.50 Å². The lowest BCUT2D eigenvalue weighted by atomic mass is 9.86. The molecule has 1 atom stereocenters. The van der Waals surface area contributed by atoms with E-state index in [0.717, 1.165) is 5.56 Å².